The van der Waals surface area contributed by atoms with E-state index >= 15 is 0 Å². The molecule has 0 fully saturated rings. The van der Waals surface area contributed by atoms with Gasteiger partial charge in [0.15, 0.2) is 5.78 Å². The minimum atomic E-state index is -0.151. The number of thioether (sulfide) groups is 1. The van der Waals surface area contributed by atoms with Gasteiger partial charge in [-0.3, -0.25) is 9.59 Å². The van der Waals surface area contributed by atoms with Crippen molar-refractivity contribution < 1.29 is 9.59 Å². The van der Waals surface area contributed by atoms with Gasteiger partial charge in [-0.25, -0.2) is 0 Å². The Hall–Kier alpha value is -3.63. The summed E-state index contributed by atoms with van der Waals surface area (Å²) in [5.41, 5.74) is 5.35. The van der Waals surface area contributed by atoms with Gasteiger partial charge in [0.1, 0.15) is 0 Å². The molecule has 4 aromatic rings. The van der Waals surface area contributed by atoms with Crippen molar-refractivity contribution in [1.29, 1.82) is 0 Å². The summed E-state index contributed by atoms with van der Waals surface area (Å²) >= 11 is 1.46. The molecule has 4 rings (SSSR count). The smallest absolute Gasteiger partial charge is 0.255 e. The molecule has 158 valence electrons. The normalized spacial score (nSPS) is 10.5. The first kappa shape index (κ1) is 21.6. The van der Waals surface area contributed by atoms with Gasteiger partial charge < -0.3 is 5.32 Å². The molecule has 4 aromatic carbocycles. The average molecular weight is 438 g/mol. The zero-order valence-electron chi connectivity index (χ0n) is 17.7. The second kappa shape index (κ2) is 10.1. The van der Waals surface area contributed by atoms with Gasteiger partial charge in [0.25, 0.3) is 5.91 Å². The summed E-state index contributed by atoms with van der Waals surface area (Å²) in [5.74, 6) is 0.255. The van der Waals surface area contributed by atoms with E-state index in [9.17, 15) is 9.59 Å². The van der Waals surface area contributed by atoms with Crippen molar-refractivity contribution in [3.63, 3.8) is 0 Å². The van der Waals surface area contributed by atoms with Crippen molar-refractivity contribution in [2.75, 3.05) is 11.1 Å². The van der Waals surface area contributed by atoms with E-state index < -0.39 is 0 Å². The molecule has 0 aliphatic carbocycles. The van der Waals surface area contributed by atoms with Crippen LogP contribution in [-0.4, -0.2) is 17.4 Å². The van der Waals surface area contributed by atoms with Crippen LogP contribution in [0.25, 0.3) is 11.1 Å². The number of hydrogen-bond donors (Lipinski definition) is 1. The van der Waals surface area contributed by atoms with E-state index in [0.717, 1.165) is 21.6 Å². The number of hydrogen-bond acceptors (Lipinski definition) is 3. The monoisotopic (exact) mass is 437 g/mol. The molecule has 3 nitrogen and oxygen atoms in total. The number of carbonyl (C=O) groups is 2. The third kappa shape index (κ3) is 5.54. The highest BCUT2D eigenvalue weighted by atomic mass is 32.2. The lowest BCUT2D eigenvalue weighted by Gasteiger charge is -2.08. The van der Waals surface area contributed by atoms with Crippen LogP contribution in [0.5, 0.6) is 0 Å². The zero-order chi connectivity index (χ0) is 22.3. The molecule has 0 saturated carbocycles. The second-order valence-electron chi connectivity index (χ2n) is 7.50. The third-order valence-electron chi connectivity index (χ3n) is 5.09. The van der Waals surface area contributed by atoms with Crippen molar-refractivity contribution >= 4 is 29.1 Å². The van der Waals surface area contributed by atoms with E-state index in [1.165, 1.54) is 11.8 Å². The summed E-state index contributed by atoms with van der Waals surface area (Å²) in [6.07, 6.45) is 0. The predicted octanol–water partition coefficient (Wildman–Crippen LogP) is 6.89. The number of carbonyl (C=O) groups excluding carboxylic acids is 2. The maximum absolute atomic E-state index is 12.7. The lowest BCUT2D eigenvalue weighted by atomic mass is 10.0. The summed E-state index contributed by atoms with van der Waals surface area (Å²) in [6.45, 7) is 1.99. The fourth-order valence-corrected chi connectivity index (χ4v) is 4.13. The van der Waals surface area contributed by atoms with E-state index in [1.54, 1.807) is 0 Å². The molecule has 0 saturated heterocycles. The molecule has 4 heteroatoms. The molecule has 0 aliphatic rings. The van der Waals surface area contributed by atoms with Gasteiger partial charge in [0.05, 0.1) is 5.75 Å². The van der Waals surface area contributed by atoms with Gasteiger partial charge >= 0.3 is 0 Å². The largest absolute Gasteiger partial charge is 0.322 e. The summed E-state index contributed by atoms with van der Waals surface area (Å²) in [5, 5.41) is 2.92. The Labute approximate surface area is 192 Å². The van der Waals surface area contributed by atoms with Crippen LogP contribution in [0.3, 0.4) is 0 Å². The molecule has 0 aliphatic heterocycles. The summed E-state index contributed by atoms with van der Waals surface area (Å²) < 4.78 is 0. The molecule has 0 unspecified atom stereocenters. The fraction of sp³-hybridized carbons (Fsp3) is 0.0714. The van der Waals surface area contributed by atoms with E-state index in [1.807, 2.05) is 97.9 Å². The van der Waals surface area contributed by atoms with E-state index in [4.69, 9.17) is 0 Å². The van der Waals surface area contributed by atoms with Gasteiger partial charge in [-0.2, -0.15) is 0 Å². The third-order valence-corrected chi connectivity index (χ3v) is 6.08. The number of ketones is 1. The molecule has 0 bridgehead atoms. The van der Waals surface area contributed by atoms with Crippen LogP contribution >= 0.6 is 11.8 Å². The lowest BCUT2D eigenvalue weighted by molar-refractivity contribution is 0.101. The molecule has 32 heavy (non-hydrogen) atoms. The molecular formula is C28H23NO2S. The van der Waals surface area contributed by atoms with Gasteiger partial charge in [-0.15, -0.1) is 11.8 Å². The Morgan fingerprint density at radius 1 is 0.719 bits per heavy atom. The van der Waals surface area contributed by atoms with Crippen LogP contribution in [0, 0.1) is 6.92 Å². The van der Waals surface area contributed by atoms with Gasteiger partial charge in [0, 0.05) is 21.7 Å². The molecule has 0 heterocycles. The molecule has 1 N–H and O–H groups in total. The first-order valence-electron chi connectivity index (χ1n) is 10.4. The first-order valence-corrected chi connectivity index (χ1v) is 11.4. The topological polar surface area (TPSA) is 46.2 Å². The van der Waals surface area contributed by atoms with Crippen molar-refractivity contribution in [2.24, 2.45) is 0 Å². The number of aryl methyl sites for hydroxylation is 1. The Morgan fingerprint density at radius 2 is 1.38 bits per heavy atom. The Bertz CT molecular complexity index is 1220. The van der Waals surface area contributed by atoms with E-state index in [0.29, 0.717) is 22.6 Å². The summed E-state index contributed by atoms with van der Waals surface area (Å²) in [4.78, 5) is 26.0. The minimum Gasteiger partial charge on any atom is -0.322 e. The molecule has 0 aromatic heterocycles. The highest BCUT2D eigenvalue weighted by Crippen LogP contribution is 2.24. The van der Waals surface area contributed by atoms with E-state index in [2.05, 4.69) is 17.4 Å². The Morgan fingerprint density at radius 3 is 2.09 bits per heavy atom. The van der Waals surface area contributed by atoms with Gasteiger partial charge in [0.2, 0.25) is 0 Å². The maximum atomic E-state index is 12.7. The van der Waals surface area contributed by atoms with Crippen LogP contribution in [0.4, 0.5) is 5.69 Å². The maximum Gasteiger partial charge on any atom is 0.255 e. The van der Waals surface area contributed by atoms with Crippen LogP contribution < -0.4 is 5.32 Å². The highest BCUT2D eigenvalue weighted by Gasteiger charge is 2.09. The second-order valence-corrected chi connectivity index (χ2v) is 8.55. The lowest BCUT2D eigenvalue weighted by Crippen LogP contribution is -2.11. The molecule has 1 amide bonds. The van der Waals surface area contributed by atoms with Gasteiger partial charge in [-0.1, -0.05) is 78.4 Å². The number of rotatable bonds is 7. The number of Topliss-reactive ketones (excluding diaryl/α,β-unsaturated/α-hetero) is 1. The number of benzene rings is 4. The summed E-state index contributed by atoms with van der Waals surface area (Å²) in [6, 6.07) is 32.8. The molecule has 0 spiro atoms. The Kier molecular flexibility index (Phi) is 6.83. The first-order chi connectivity index (χ1) is 15.6. The number of amides is 1. The molecular weight excluding hydrogens is 414 g/mol. The molecule has 0 radical (unpaired) electrons. The van der Waals surface area contributed by atoms with Crippen molar-refractivity contribution in [3.05, 3.63) is 120 Å². The number of anilines is 1. The van der Waals surface area contributed by atoms with Crippen LogP contribution in [-0.2, 0) is 0 Å². The Balaban J connectivity index is 1.36. The zero-order valence-corrected chi connectivity index (χ0v) is 18.6. The quantitative estimate of drug-likeness (QED) is 0.253. The van der Waals surface area contributed by atoms with Crippen LogP contribution in [0.1, 0.15) is 26.3 Å². The summed E-state index contributed by atoms with van der Waals surface area (Å²) in [7, 11) is 0. The fourth-order valence-electron chi connectivity index (χ4n) is 3.28. The van der Waals surface area contributed by atoms with Gasteiger partial charge in [-0.05, 0) is 48.4 Å². The number of nitrogens with one attached hydrogen (secondary N) is 1. The van der Waals surface area contributed by atoms with Crippen molar-refractivity contribution in [1.82, 2.24) is 0 Å². The van der Waals surface area contributed by atoms with E-state index in [-0.39, 0.29) is 11.7 Å². The van der Waals surface area contributed by atoms with Crippen molar-refractivity contribution in [2.45, 2.75) is 11.8 Å². The standard InChI is InChI=1S/C28H23NO2S/c1-20-10-12-24(13-11-20)28(31)29-25-8-5-9-26(18-25)32-19-27(30)23-16-14-22(15-17-23)21-6-3-2-4-7-21/h2-18H,19H2,1H3,(H,29,31). The highest BCUT2D eigenvalue weighted by molar-refractivity contribution is 8.00. The van der Waals surface area contributed by atoms with Crippen LogP contribution in [0.15, 0.2) is 108 Å². The van der Waals surface area contributed by atoms with Crippen LogP contribution in [0.2, 0.25) is 0 Å². The SMILES string of the molecule is Cc1ccc(C(=O)Nc2cccc(SCC(=O)c3ccc(-c4ccccc4)cc3)c2)cc1. The molecule has 0 atom stereocenters. The average Bonchev–Trinajstić information content (AvgIpc) is 2.84. The minimum absolute atomic E-state index is 0.0729. The van der Waals surface area contributed by atoms with Crippen molar-refractivity contribution in [3.8, 4) is 11.1 Å². The predicted molar refractivity (Wildman–Crippen MR) is 133 cm³/mol.